The Morgan fingerprint density at radius 1 is 0.688 bits per heavy atom. The van der Waals surface area contributed by atoms with Crippen LogP contribution < -0.4 is 10.2 Å². The topological polar surface area (TPSA) is 106 Å². The van der Waals surface area contributed by atoms with Gasteiger partial charge < -0.3 is 20.4 Å². The van der Waals surface area contributed by atoms with Gasteiger partial charge in [-0.1, -0.05) is 87.5 Å². The summed E-state index contributed by atoms with van der Waals surface area (Å²) in [5.41, 5.74) is 10.2. The number of nitrogens with zero attached hydrogens (tertiary/aromatic N) is 8. The van der Waals surface area contributed by atoms with Crippen molar-refractivity contribution in [3.63, 3.8) is 0 Å². The molecule has 258 valence electrons. The van der Waals surface area contributed by atoms with E-state index in [1.54, 1.807) is 0 Å². The molecular formula is C39H52N8Pt. The number of fused-ring (bicyclic) bond motifs is 10. The van der Waals surface area contributed by atoms with Crippen molar-refractivity contribution >= 4 is 0 Å². The molecule has 4 atom stereocenters. The fourth-order valence-corrected chi connectivity index (χ4v) is 9.54. The summed E-state index contributed by atoms with van der Waals surface area (Å²) in [6, 6.07) is 0. The third kappa shape index (κ3) is 5.17. The fraction of sp³-hybridized carbons (Fsp3) is 0.641. The van der Waals surface area contributed by atoms with Crippen molar-refractivity contribution in [2.75, 3.05) is 0 Å². The van der Waals surface area contributed by atoms with Gasteiger partial charge >= 0.3 is 21.1 Å². The van der Waals surface area contributed by atoms with Crippen LogP contribution in [0.15, 0.2) is 24.8 Å². The van der Waals surface area contributed by atoms with E-state index >= 15 is 0 Å². The van der Waals surface area contributed by atoms with Crippen LogP contribution in [0.4, 0.5) is 0 Å². The zero-order valence-corrected chi connectivity index (χ0v) is 33.0. The van der Waals surface area contributed by atoms with Crippen LogP contribution in [0.2, 0.25) is 0 Å². The minimum atomic E-state index is 0. The van der Waals surface area contributed by atoms with Crippen LogP contribution in [0.1, 0.15) is 147 Å². The van der Waals surface area contributed by atoms with Crippen LogP contribution in [0, 0.1) is 22.2 Å². The summed E-state index contributed by atoms with van der Waals surface area (Å²) in [6.07, 6.45) is 14.7. The predicted molar refractivity (Wildman–Crippen MR) is 185 cm³/mol. The van der Waals surface area contributed by atoms with Crippen molar-refractivity contribution in [2.45, 2.75) is 137 Å². The second kappa shape index (κ2) is 11.7. The van der Waals surface area contributed by atoms with Gasteiger partial charge in [0.15, 0.2) is 0 Å². The van der Waals surface area contributed by atoms with Gasteiger partial charge in [0, 0.05) is 47.0 Å². The standard InChI is InChI=1S/C20H27N4.C19H25N4.Pt/c1-18(2,3)9-12-10-21-17(22-11-12)15-14-13-7-8-20(6,19(13,4)5)16(14)24-23-15;1-11(2)8-12-9-20-17(21-10-12)15-14-13-6-7-19(5,18(13,3)4)16(14)23-22-15;/h10-11,13H,7-9H2,1-6H3;9-11,13H,6-8H2,1-5H3;/q2*-1;+2. The molecule has 2 saturated carbocycles. The van der Waals surface area contributed by atoms with Gasteiger partial charge in [-0.05, 0) is 94.8 Å². The van der Waals surface area contributed by atoms with Crippen LogP contribution in [0.3, 0.4) is 0 Å². The number of aromatic nitrogens is 8. The first kappa shape index (κ1) is 35.1. The predicted octanol–water partition coefficient (Wildman–Crippen LogP) is 8.13. The van der Waals surface area contributed by atoms with Gasteiger partial charge in [-0.2, -0.15) is 0 Å². The third-order valence-electron chi connectivity index (χ3n) is 12.9. The molecule has 0 saturated heterocycles. The smallest absolute Gasteiger partial charge is 0.572 e. The van der Waals surface area contributed by atoms with E-state index in [4.69, 9.17) is 0 Å². The van der Waals surface area contributed by atoms with Crippen LogP contribution in [-0.2, 0) is 44.7 Å². The summed E-state index contributed by atoms with van der Waals surface area (Å²) in [5, 5.41) is 18.1. The van der Waals surface area contributed by atoms with E-state index in [-0.39, 0.29) is 48.1 Å². The number of rotatable bonds is 5. The van der Waals surface area contributed by atoms with E-state index in [0.717, 1.165) is 35.9 Å². The van der Waals surface area contributed by atoms with E-state index < -0.39 is 0 Å². The molecule has 0 spiro atoms. The van der Waals surface area contributed by atoms with E-state index in [1.807, 2.05) is 24.8 Å². The summed E-state index contributed by atoms with van der Waals surface area (Å²) < 4.78 is 0. The monoisotopic (exact) mass is 827 g/mol. The molecule has 4 unspecified atom stereocenters. The van der Waals surface area contributed by atoms with Crippen LogP contribution in [0.5, 0.6) is 0 Å². The summed E-state index contributed by atoms with van der Waals surface area (Å²) >= 11 is 0. The molecule has 4 aliphatic carbocycles. The average molecular weight is 828 g/mol. The molecule has 0 N–H and O–H groups in total. The molecule has 0 amide bonds. The van der Waals surface area contributed by atoms with E-state index in [2.05, 4.69) is 116 Å². The first-order valence-corrected chi connectivity index (χ1v) is 17.7. The summed E-state index contributed by atoms with van der Waals surface area (Å²) in [5.74, 6) is 3.14. The van der Waals surface area contributed by atoms with E-state index in [1.165, 1.54) is 59.3 Å². The molecule has 8 nitrogen and oxygen atoms in total. The van der Waals surface area contributed by atoms with Crippen LogP contribution >= 0.6 is 0 Å². The van der Waals surface area contributed by atoms with Crippen molar-refractivity contribution in [2.24, 2.45) is 22.2 Å². The molecule has 4 aromatic heterocycles. The minimum Gasteiger partial charge on any atom is -0.572 e. The third-order valence-corrected chi connectivity index (χ3v) is 12.9. The molecule has 4 aliphatic rings. The quantitative estimate of drug-likeness (QED) is 0.199. The Bertz CT molecular complexity index is 1790. The molecule has 0 radical (unpaired) electrons. The Balaban J connectivity index is 0.000000164. The Morgan fingerprint density at radius 3 is 1.46 bits per heavy atom. The first-order valence-electron chi connectivity index (χ1n) is 17.7. The van der Waals surface area contributed by atoms with E-state index in [9.17, 15) is 0 Å². The van der Waals surface area contributed by atoms with Gasteiger partial charge in [0.05, 0.1) is 0 Å². The zero-order chi connectivity index (χ0) is 33.7. The minimum absolute atomic E-state index is 0. The van der Waals surface area contributed by atoms with Crippen molar-refractivity contribution in [3.8, 4) is 23.0 Å². The van der Waals surface area contributed by atoms with Crippen molar-refractivity contribution in [1.82, 2.24) is 40.3 Å². The fourth-order valence-electron chi connectivity index (χ4n) is 9.54. The molecule has 4 aromatic rings. The average Bonchev–Trinajstić information content (AvgIpc) is 3.78. The Labute approximate surface area is 301 Å². The number of hydrogen-bond acceptors (Lipinski definition) is 6. The van der Waals surface area contributed by atoms with Crippen molar-refractivity contribution < 1.29 is 21.1 Å². The van der Waals surface area contributed by atoms with Crippen LogP contribution in [0.25, 0.3) is 23.0 Å². The Hall–Kier alpha value is -2.73. The molecule has 48 heavy (non-hydrogen) atoms. The molecule has 0 aromatic carbocycles. The maximum atomic E-state index is 4.62. The van der Waals surface area contributed by atoms with Gasteiger partial charge in [-0.3, -0.25) is 0 Å². The van der Waals surface area contributed by atoms with Gasteiger partial charge in [0.1, 0.15) is 11.6 Å². The normalized spacial score (nSPS) is 27.0. The van der Waals surface area contributed by atoms with Crippen molar-refractivity contribution in [1.29, 1.82) is 0 Å². The maximum Gasteiger partial charge on any atom is 2.00 e. The number of hydrogen-bond donors (Lipinski definition) is 0. The van der Waals surface area contributed by atoms with Gasteiger partial charge in [-0.15, -0.1) is 0 Å². The van der Waals surface area contributed by atoms with Gasteiger partial charge in [0.2, 0.25) is 0 Å². The Kier molecular flexibility index (Phi) is 8.54. The molecule has 8 rings (SSSR count). The molecule has 0 aliphatic heterocycles. The summed E-state index contributed by atoms with van der Waals surface area (Å²) in [7, 11) is 0. The molecule has 4 heterocycles. The maximum absolute atomic E-state index is 4.62. The zero-order valence-electron chi connectivity index (χ0n) is 30.7. The van der Waals surface area contributed by atoms with E-state index in [0.29, 0.717) is 17.8 Å². The van der Waals surface area contributed by atoms with Gasteiger partial charge in [0.25, 0.3) is 0 Å². The SMILES string of the molecule is CC(C)(C)Cc1cnc(-c2[n-]nc3c2C2CCC3(C)C2(C)C)nc1.CC(C)Cc1cnc(-c2[n-]nc3c2C2CCC3(C)C2(C)C)nc1.[Pt+2]. The van der Waals surface area contributed by atoms with Crippen LogP contribution in [-0.4, -0.2) is 30.1 Å². The second-order valence-electron chi connectivity index (χ2n) is 18.1. The molecule has 2 fully saturated rings. The van der Waals surface area contributed by atoms with Crippen molar-refractivity contribution in [3.05, 3.63) is 58.4 Å². The Morgan fingerprint density at radius 2 is 1.08 bits per heavy atom. The summed E-state index contributed by atoms with van der Waals surface area (Å²) in [6.45, 7) is 25.3. The molecule has 4 bridgehead atoms. The van der Waals surface area contributed by atoms with Gasteiger partial charge in [-0.25, -0.2) is 19.9 Å². The molecule has 9 heteroatoms. The second-order valence-corrected chi connectivity index (χ2v) is 18.1. The molecular weight excluding hydrogens is 776 g/mol. The first-order chi connectivity index (χ1) is 22.0. The largest absolute Gasteiger partial charge is 2.00 e. The summed E-state index contributed by atoms with van der Waals surface area (Å²) in [4.78, 5) is 18.4.